The molecule has 7 heteroatoms. The van der Waals surface area contributed by atoms with Gasteiger partial charge in [0.1, 0.15) is 5.01 Å². The average molecular weight is 402 g/mol. The molecule has 3 rings (SSSR count). The maximum Gasteiger partial charge on any atom is 0.252 e. The van der Waals surface area contributed by atoms with Crippen LogP contribution in [0.5, 0.6) is 5.88 Å². The first kappa shape index (κ1) is 19.3. The molecule has 0 aliphatic rings. The van der Waals surface area contributed by atoms with E-state index in [1.54, 1.807) is 29.7 Å². The molecule has 1 atom stereocenters. The number of ether oxygens (including phenoxy) is 1. The molecule has 0 radical (unpaired) electrons. The molecule has 5 nitrogen and oxygen atoms in total. The second-order valence-electron chi connectivity index (χ2n) is 5.97. The number of hydrogen-bond acceptors (Lipinski definition) is 5. The van der Waals surface area contributed by atoms with Crippen LogP contribution in [0.15, 0.2) is 42.6 Å². The fourth-order valence-corrected chi connectivity index (χ4v) is 3.67. The number of benzene rings is 1. The molecule has 0 fully saturated rings. The zero-order chi connectivity index (χ0) is 19.4. The van der Waals surface area contributed by atoms with Crippen LogP contribution in [0.25, 0.3) is 11.3 Å². The molecule has 2 aromatic heterocycles. The lowest BCUT2D eigenvalue weighted by Crippen LogP contribution is -2.26. The molecule has 1 N–H and O–H groups in total. The van der Waals surface area contributed by atoms with Crippen LogP contribution in [0.1, 0.15) is 40.1 Å². The number of rotatable bonds is 6. The highest BCUT2D eigenvalue weighted by atomic mass is 35.5. The van der Waals surface area contributed by atoms with E-state index in [1.807, 2.05) is 45.0 Å². The van der Waals surface area contributed by atoms with E-state index >= 15 is 0 Å². The van der Waals surface area contributed by atoms with Crippen LogP contribution in [0.2, 0.25) is 5.02 Å². The first-order valence-corrected chi connectivity index (χ1v) is 9.80. The van der Waals surface area contributed by atoms with Gasteiger partial charge in [0.2, 0.25) is 5.88 Å². The molecular formula is C20H20ClN3O2S. The van der Waals surface area contributed by atoms with Crippen molar-refractivity contribution in [2.75, 3.05) is 6.61 Å². The number of aryl methyl sites for hydroxylation is 1. The van der Waals surface area contributed by atoms with Crippen LogP contribution in [0.3, 0.4) is 0 Å². The van der Waals surface area contributed by atoms with Gasteiger partial charge in [-0.3, -0.25) is 4.79 Å². The van der Waals surface area contributed by atoms with Crippen molar-refractivity contribution in [3.8, 4) is 17.1 Å². The van der Waals surface area contributed by atoms with E-state index in [4.69, 9.17) is 21.3 Å². The minimum Gasteiger partial charge on any atom is -0.478 e. The zero-order valence-electron chi connectivity index (χ0n) is 15.3. The summed E-state index contributed by atoms with van der Waals surface area (Å²) >= 11 is 7.54. The third kappa shape index (κ3) is 4.64. The lowest BCUT2D eigenvalue weighted by Gasteiger charge is -2.12. The second-order valence-corrected chi connectivity index (χ2v) is 7.65. The van der Waals surface area contributed by atoms with Crippen molar-refractivity contribution in [2.24, 2.45) is 0 Å². The molecule has 0 aliphatic heterocycles. The van der Waals surface area contributed by atoms with Crippen LogP contribution in [0.4, 0.5) is 0 Å². The van der Waals surface area contributed by atoms with Gasteiger partial charge in [-0.25, -0.2) is 9.97 Å². The van der Waals surface area contributed by atoms with Crippen molar-refractivity contribution in [3.05, 3.63) is 63.1 Å². The smallest absolute Gasteiger partial charge is 0.252 e. The van der Waals surface area contributed by atoms with Crippen molar-refractivity contribution in [1.82, 2.24) is 15.3 Å². The minimum atomic E-state index is -0.217. The summed E-state index contributed by atoms with van der Waals surface area (Å²) in [6.07, 6.45) is 1.57. The average Bonchev–Trinajstić information content (AvgIpc) is 3.05. The highest BCUT2D eigenvalue weighted by Crippen LogP contribution is 2.31. The molecule has 0 saturated heterocycles. The Morgan fingerprint density at radius 1 is 1.30 bits per heavy atom. The van der Waals surface area contributed by atoms with Crippen molar-refractivity contribution in [1.29, 1.82) is 0 Å². The van der Waals surface area contributed by atoms with Crippen molar-refractivity contribution in [2.45, 2.75) is 26.8 Å². The Balaban J connectivity index is 1.75. The van der Waals surface area contributed by atoms with Gasteiger partial charge in [-0.05, 0) is 39.0 Å². The number of nitrogens with zero attached hydrogens (tertiary/aromatic N) is 2. The minimum absolute atomic E-state index is 0.188. The predicted octanol–water partition coefficient (Wildman–Crippen LogP) is 5.06. The monoisotopic (exact) mass is 401 g/mol. The SMILES string of the molecule is CCOc1cc(C(=O)NC(C)c2nc(-c3ccc(Cl)cc3)c(C)s2)ccn1. The molecule has 1 unspecified atom stereocenters. The maximum absolute atomic E-state index is 12.6. The Bertz CT molecular complexity index is 941. The zero-order valence-corrected chi connectivity index (χ0v) is 16.9. The summed E-state index contributed by atoms with van der Waals surface area (Å²) in [7, 11) is 0. The third-order valence-electron chi connectivity index (χ3n) is 3.94. The van der Waals surface area contributed by atoms with Gasteiger partial charge >= 0.3 is 0 Å². The Morgan fingerprint density at radius 3 is 2.74 bits per heavy atom. The molecule has 0 bridgehead atoms. The van der Waals surface area contributed by atoms with Crippen molar-refractivity contribution < 1.29 is 9.53 Å². The first-order valence-electron chi connectivity index (χ1n) is 8.61. The van der Waals surface area contributed by atoms with E-state index in [9.17, 15) is 4.79 Å². The molecule has 1 amide bonds. The van der Waals surface area contributed by atoms with E-state index in [0.717, 1.165) is 21.1 Å². The number of aromatic nitrogens is 2. The van der Waals surface area contributed by atoms with Crippen molar-refractivity contribution >= 4 is 28.8 Å². The molecule has 3 aromatic rings. The summed E-state index contributed by atoms with van der Waals surface area (Å²) in [4.78, 5) is 22.5. The number of pyridine rings is 1. The summed E-state index contributed by atoms with van der Waals surface area (Å²) in [5.41, 5.74) is 2.43. The third-order valence-corrected chi connectivity index (χ3v) is 5.34. The highest BCUT2D eigenvalue weighted by molar-refractivity contribution is 7.12. The van der Waals surface area contributed by atoms with Crippen molar-refractivity contribution in [3.63, 3.8) is 0 Å². The van der Waals surface area contributed by atoms with Gasteiger partial charge in [-0.1, -0.05) is 23.7 Å². The fourth-order valence-electron chi connectivity index (χ4n) is 2.60. The van der Waals surface area contributed by atoms with E-state index in [0.29, 0.717) is 23.1 Å². The largest absolute Gasteiger partial charge is 0.478 e. The number of halogens is 1. The summed E-state index contributed by atoms with van der Waals surface area (Å²) in [6.45, 7) is 6.32. The van der Waals surface area contributed by atoms with Crippen LogP contribution in [-0.4, -0.2) is 22.5 Å². The molecule has 0 aliphatic carbocycles. The van der Waals surface area contributed by atoms with Gasteiger partial charge in [-0.15, -0.1) is 11.3 Å². The Morgan fingerprint density at radius 2 is 2.04 bits per heavy atom. The molecule has 2 heterocycles. The van der Waals surface area contributed by atoms with Crippen LogP contribution >= 0.6 is 22.9 Å². The molecule has 1 aromatic carbocycles. The summed E-state index contributed by atoms with van der Waals surface area (Å²) in [6, 6.07) is 10.7. The molecular weight excluding hydrogens is 382 g/mol. The summed E-state index contributed by atoms with van der Waals surface area (Å²) in [5, 5.41) is 4.53. The normalized spacial score (nSPS) is 11.9. The second kappa shape index (κ2) is 8.50. The molecule has 27 heavy (non-hydrogen) atoms. The topological polar surface area (TPSA) is 64.1 Å². The Kier molecular flexibility index (Phi) is 6.08. The van der Waals surface area contributed by atoms with Crippen LogP contribution < -0.4 is 10.1 Å². The predicted molar refractivity (Wildman–Crippen MR) is 109 cm³/mol. The number of hydrogen-bond donors (Lipinski definition) is 1. The lowest BCUT2D eigenvalue weighted by atomic mass is 10.1. The first-order chi connectivity index (χ1) is 13.0. The number of nitrogens with one attached hydrogen (secondary N) is 1. The maximum atomic E-state index is 12.6. The standard InChI is InChI=1S/C20H20ClN3O2S/c1-4-26-17-11-15(9-10-22-17)19(25)23-12(2)20-24-18(13(3)27-20)14-5-7-16(21)8-6-14/h5-12H,4H2,1-3H3,(H,23,25). The van der Waals surface area contributed by atoms with E-state index in [2.05, 4.69) is 10.3 Å². The van der Waals surface area contributed by atoms with Crippen LogP contribution in [0, 0.1) is 6.92 Å². The summed E-state index contributed by atoms with van der Waals surface area (Å²) in [5.74, 6) is 0.250. The van der Waals surface area contributed by atoms with Gasteiger partial charge in [0, 0.05) is 33.3 Å². The van der Waals surface area contributed by atoms with E-state index < -0.39 is 0 Å². The molecule has 0 saturated carbocycles. The highest BCUT2D eigenvalue weighted by Gasteiger charge is 2.18. The van der Waals surface area contributed by atoms with Gasteiger partial charge in [0.05, 0.1) is 18.3 Å². The van der Waals surface area contributed by atoms with E-state index in [-0.39, 0.29) is 11.9 Å². The van der Waals surface area contributed by atoms with Gasteiger partial charge < -0.3 is 10.1 Å². The molecule has 140 valence electrons. The van der Waals surface area contributed by atoms with Gasteiger partial charge in [0.15, 0.2) is 0 Å². The number of carbonyl (C=O) groups is 1. The van der Waals surface area contributed by atoms with Gasteiger partial charge in [0.25, 0.3) is 5.91 Å². The Hall–Kier alpha value is -2.44. The summed E-state index contributed by atoms with van der Waals surface area (Å²) < 4.78 is 5.35. The number of amides is 1. The lowest BCUT2D eigenvalue weighted by molar-refractivity contribution is 0.0939. The van der Waals surface area contributed by atoms with Gasteiger partial charge in [-0.2, -0.15) is 0 Å². The number of carbonyl (C=O) groups excluding carboxylic acids is 1. The van der Waals surface area contributed by atoms with E-state index in [1.165, 1.54) is 0 Å². The molecule has 0 spiro atoms. The number of thiazole rings is 1. The quantitative estimate of drug-likeness (QED) is 0.627. The fraction of sp³-hybridized carbons (Fsp3) is 0.250. The van der Waals surface area contributed by atoms with Crippen LogP contribution in [-0.2, 0) is 0 Å². The Labute approximate surface area is 167 Å².